The highest BCUT2D eigenvalue weighted by Gasteiger charge is 2.37. The minimum atomic E-state index is -0.419. The molecule has 2 heterocycles. The fourth-order valence-electron chi connectivity index (χ4n) is 3.65. The number of carbonyl (C=O) groups excluding carboxylic acids is 1. The van der Waals surface area contributed by atoms with Gasteiger partial charge in [0.25, 0.3) is 0 Å². The average molecular weight is 369 g/mol. The second kappa shape index (κ2) is 6.85. The second-order valence-electron chi connectivity index (χ2n) is 7.27. The molecule has 2 unspecified atom stereocenters. The third-order valence-corrected chi connectivity index (χ3v) is 6.22. The number of benzene rings is 1. The molecule has 1 fully saturated rings. The molecule has 1 amide bonds. The van der Waals surface area contributed by atoms with Gasteiger partial charge in [0, 0.05) is 5.54 Å². The van der Waals surface area contributed by atoms with Crippen LogP contribution in [0.1, 0.15) is 38.4 Å². The summed E-state index contributed by atoms with van der Waals surface area (Å²) in [4.78, 5) is 17.1. The van der Waals surface area contributed by atoms with Gasteiger partial charge in [0.15, 0.2) is 10.8 Å². The van der Waals surface area contributed by atoms with Gasteiger partial charge in [-0.15, -0.1) is 11.3 Å². The average Bonchev–Trinajstić information content (AvgIpc) is 3.25. The summed E-state index contributed by atoms with van der Waals surface area (Å²) in [6.07, 6.45) is 3.91. The largest absolute Gasteiger partial charge is 0.457 e. The standard InChI is InChI=1S/C20H23N3O2S/c1-20(21)11-5-4-6-14(20)18(24)22-12-13-9-10-16(25-13)19-23-15-7-2-3-8-17(15)26-19/h2-3,7-10,14H,4-6,11-12,21H2,1H3,(H,22,24). The third-order valence-electron chi connectivity index (χ3n) is 5.17. The minimum absolute atomic E-state index is 0.0210. The number of thiazole rings is 1. The molecular weight excluding hydrogens is 346 g/mol. The number of para-hydroxylation sites is 1. The molecule has 2 atom stereocenters. The lowest BCUT2D eigenvalue weighted by Gasteiger charge is -2.37. The van der Waals surface area contributed by atoms with Crippen molar-refractivity contribution < 1.29 is 9.21 Å². The van der Waals surface area contributed by atoms with Gasteiger partial charge in [0.05, 0.1) is 22.7 Å². The van der Waals surface area contributed by atoms with Crippen molar-refractivity contribution in [1.29, 1.82) is 0 Å². The Morgan fingerprint density at radius 3 is 3.00 bits per heavy atom. The maximum atomic E-state index is 12.5. The van der Waals surface area contributed by atoms with E-state index in [9.17, 15) is 4.79 Å². The van der Waals surface area contributed by atoms with E-state index >= 15 is 0 Å². The van der Waals surface area contributed by atoms with Crippen molar-refractivity contribution in [3.8, 4) is 10.8 Å². The Bertz CT molecular complexity index is 895. The highest BCUT2D eigenvalue weighted by molar-refractivity contribution is 7.21. The fourth-order valence-corrected chi connectivity index (χ4v) is 4.58. The number of amides is 1. The summed E-state index contributed by atoms with van der Waals surface area (Å²) in [6, 6.07) is 11.8. The molecule has 2 aromatic heterocycles. The van der Waals surface area contributed by atoms with Gasteiger partial charge in [-0.05, 0) is 44.0 Å². The zero-order chi connectivity index (χ0) is 18.1. The lowest BCUT2D eigenvalue weighted by molar-refractivity contribution is -0.128. The topological polar surface area (TPSA) is 81.2 Å². The van der Waals surface area contributed by atoms with E-state index in [1.807, 2.05) is 37.3 Å². The van der Waals surface area contributed by atoms with E-state index in [0.29, 0.717) is 6.54 Å². The molecule has 0 spiro atoms. The van der Waals surface area contributed by atoms with Crippen molar-refractivity contribution >= 4 is 27.5 Å². The number of aromatic nitrogens is 1. The number of hydrogen-bond donors (Lipinski definition) is 2. The first-order chi connectivity index (χ1) is 12.5. The molecule has 0 aliphatic heterocycles. The highest BCUT2D eigenvalue weighted by atomic mass is 32.1. The van der Waals surface area contributed by atoms with Crippen molar-refractivity contribution in [2.75, 3.05) is 0 Å². The summed E-state index contributed by atoms with van der Waals surface area (Å²) in [5, 5.41) is 3.84. The van der Waals surface area contributed by atoms with E-state index in [4.69, 9.17) is 10.2 Å². The van der Waals surface area contributed by atoms with Gasteiger partial charge in [0.2, 0.25) is 5.91 Å². The molecule has 1 aliphatic carbocycles. The van der Waals surface area contributed by atoms with E-state index in [0.717, 1.165) is 52.4 Å². The van der Waals surface area contributed by atoms with Crippen LogP contribution in [0, 0.1) is 5.92 Å². The van der Waals surface area contributed by atoms with Crippen LogP contribution in [-0.2, 0) is 11.3 Å². The van der Waals surface area contributed by atoms with Crippen LogP contribution in [-0.4, -0.2) is 16.4 Å². The van der Waals surface area contributed by atoms with Gasteiger partial charge >= 0.3 is 0 Å². The molecular formula is C20H23N3O2S. The normalized spacial score (nSPS) is 23.2. The Hall–Kier alpha value is -2.18. The number of nitrogens with zero attached hydrogens (tertiary/aromatic N) is 1. The van der Waals surface area contributed by atoms with E-state index in [1.165, 1.54) is 0 Å². The van der Waals surface area contributed by atoms with Gasteiger partial charge in [-0.25, -0.2) is 4.98 Å². The first-order valence-electron chi connectivity index (χ1n) is 9.04. The summed E-state index contributed by atoms with van der Waals surface area (Å²) in [5.74, 6) is 1.35. The molecule has 6 heteroatoms. The Kier molecular flexibility index (Phi) is 4.54. The van der Waals surface area contributed by atoms with Gasteiger partial charge in [0.1, 0.15) is 5.76 Å². The van der Waals surface area contributed by atoms with Crippen LogP contribution >= 0.6 is 11.3 Å². The molecule has 5 nitrogen and oxygen atoms in total. The Balaban J connectivity index is 1.43. The fraction of sp³-hybridized carbons (Fsp3) is 0.400. The molecule has 3 aromatic rings. The van der Waals surface area contributed by atoms with E-state index in [-0.39, 0.29) is 11.8 Å². The van der Waals surface area contributed by atoms with Crippen molar-refractivity contribution in [1.82, 2.24) is 10.3 Å². The first kappa shape index (κ1) is 17.2. The van der Waals surface area contributed by atoms with Crippen LogP contribution < -0.4 is 11.1 Å². The van der Waals surface area contributed by atoms with E-state index < -0.39 is 5.54 Å². The van der Waals surface area contributed by atoms with Crippen LogP contribution in [0.3, 0.4) is 0 Å². The SMILES string of the molecule is CC1(N)CCCCC1C(=O)NCc1ccc(-c2nc3ccccc3s2)o1. The molecule has 1 aliphatic rings. The van der Waals surface area contributed by atoms with Crippen molar-refractivity contribution in [2.24, 2.45) is 11.7 Å². The molecule has 0 radical (unpaired) electrons. The molecule has 0 bridgehead atoms. The monoisotopic (exact) mass is 369 g/mol. The predicted octanol–water partition coefficient (Wildman–Crippen LogP) is 4.08. The highest BCUT2D eigenvalue weighted by Crippen LogP contribution is 2.32. The summed E-state index contributed by atoms with van der Waals surface area (Å²) in [5.41, 5.74) is 6.87. The zero-order valence-corrected chi connectivity index (χ0v) is 15.6. The number of carbonyl (C=O) groups is 1. The molecule has 3 N–H and O–H groups in total. The van der Waals surface area contributed by atoms with Gasteiger partial charge in [-0.2, -0.15) is 0 Å². The molecule has 4 rings (SSSR count). The summed E-state index contributed by atoms with van der Waals surface area (Å²) >= 11 is 1.60. The van der Waals surface area contributed by atoms with Crippen molar-refractivity contribution in [2.45, 2.75) is 44.7 Å². The smallest absolute Gasteiger partial charge is 0.225 e. The van der Waals surface area contributed by atoms with Crippen molar-refractivity contribution in [3.05, 3.63) is 42.2 Å². The summed E-state index contributed by atoms with van der Waals surface area (Å²) in [7, 11) is 0. The molecule has 0 saturated heterocycles. The number of nitrogens with one attached hydrogen (secondary N) is 1. The Labute approximate surface area is 156 Å². The lowest BCUT2D eigenvalue weighted by Crippen LogP contribution is -2.52. The maximum Gasteiger partial charge on any atom is 0.225 e. The van der Waals surface area contributed by atoms with Gasteiger partial charge < -0.3 is 15.5 Å². The lowest BCUT2D eigenvalue weighted by atomic mass is 9.74. The summed E-state index contributed by atoms with van der Waals surface area (Å²) in [6.45, 7) is 2.35. The van der Waals surface area contributed by atoms with Crippen LogP contribution in [0.2, 0.25) is 0 Å². The number of nitrogens with two attached hydrogens (primary N) is 1. The quantitative estimate of drug-likeness (QED) is 0.726. The maximum absolute atomic E-state index is 12.5. The zero-order valence-electron chi connectivity index (χ0n) is 14.8. The first-order valence-corrected chi connectivity index (χ1v) is 9.86. The minimum Gasteiger partial charge on any atom is -0.457 e. The van der Waals surface area contributed by atoms with Crippen LogP contribution in [0.25, 0.3) is 21.0 Å². The number of furan rings is 1. The third kappa shape index (κ3) is 3.39. The molecule has 1 saturated carbocycles. The number of fused-ring (bicyclic) bond motifs is 1. The summed E-state index contributed by atoms with van der Waals surface area (Å²) < 4.78 is 7.02. The molecule has 1 aromatic carbocycles. The molecule has 26 heavy (non-hydrogen) atoms. The number of rotatable bonds is 4. The van der Waals surface area contributed by atoms with E-state index in [2.05, 4.69) is 16.4 Å². The van der Waals surface area contributed by atoms with Gasteiger partial charge in [-0.1, -0.05) is 25.0 Å². The Morgan fingerprint density at radius 2 is 2.19 bits per heavy atom. The second-order valence-corrected chi connectivity index (χ2v) is 8.31. The van der Waals surface area contributed by atoms with E-state index in [1.54, 1.807) is 11.3 Å². The van der Waals surface area contributed by atoms with Crippen molar-refractivity contribution in [3.63, 3.8) is 0 Å². The number of hydrogen-bond acceptors (Lipinski definition) is 5. The predicted molar refractivity (Wildman–Crippen MR) is 104 cm³/mol. The Morgan fingerprint density at radius 1 is 1.35 bits per heavy atom. The molecule has 136 valence electrons. The van der Waals surface area contributed by atoms with Crippen LogP contribution in [0.4, 0.5) is 0 Å². The van der Waals surface area contributed by atoms with Crippen LogP contribution in [0.5, 0.6) is 0 Å². The van der Waals surface area contributed by atoms with Crippen LogP contribution in [0.15, 0.2) is 40.8 Å². The van der Waals surface area contributed by atoms with Gasteiger partial charge in [-0.3, -0.25) is 4.79 Å².